The van der Waals surface area contributed by atoms with Crippen LogP contribution in [0.3, 0.4) is 0 Å². The first-order valence-electron chi connectivity index (χ1n) is 7.20. The van der Waals surface area contributed by atoms with Crippen LogP contribution >= 0.6 is 11.8 Å². The van der Waals surface area contributed by atoms with Crippen LogP contribution in [0, 0.1) is 17.0 Å². The van der Waals surface area contributed by atoms with Crippen molar-refractivity contribution in [3.05, 3.63) is 46.1 Å². The van der Waals surface area contributed by atoms with Crippen molar-refractivity contribution in [2.24, 2.45) is 0 Å². The molecule has 23 heavy (non-hydrogen) atoms. The van der Waals surface area contributed by atoms with E-state index in [4.69, 9.17) is 0 Å². The van der Waals surface area contributed by atoms with Crippen molar-refractivity contribution in [2.45, 2.75) is 20.3 Å². The quantitative estimate of drug-likeness (QED) is 0.477. The first-order valence-corrected chi connectivity index (χ1v) is 8.36. The van der Waals surface area contributed by atoms with Gasteiger partial charge in [-0.2, -0.15) is 16.9 Å². The Morgan fingerprint density at radius 1 is 1.39 bits per heavy atom. The number of hydrogen-bond donors (Lipinski definition) is 1. The van der Waals surface area contributed by atoms with Crippen molar-refractivity contribution in [1.82, 2.24) is 9.78 Å². The SMILES string of the molecule is CCCSCC(=O)Nc1cc(C)nn1-c1ccc([N+](=O)[O-])cc1. The van der Waals surface area contributed by atoms with Crippen LogP contribution in [0.5, 0.6) is 0 Å². The number of nitrogens with one attached hydrogen (secondary N) is 1. The van der Waals surface area contributed by atoms with Gasteiger partial charge in [0.1, 0.15) is 5.82 Å². The van der Waals surface area contributed by atoms with Crippen molar-refractivity contribution in [1.29, 1.82) is 0 Å². The van der Waals surface area contributed by atoms with Crippen LogP contribution in [-0.2, 0) is 4.79 Å². The van der Waals surface area contributed by atoms with Gasteiger partial charge in [0.2, 0.25) is 5.91 Å². The van der Waals surface area contributed by atoms with Gasteiger partial charge in [-0.05, 0) is 31.2 Å². The van der Waals surface area contributed by atoms with E-state index in [2.05, 4.69) is 17.3 Å². The lowest BCUT2D eigenvalue weighted by atomic mass is 10.3. The van der Waals surface area contributed by atoms with Gasteiger partial charge in [-0.1, -0.05) is 6.92 Å². The number of hydrogen-bond acceptors (Lipinski definition) is 5. The highest BCUT2D eigenvalue weighted by Crippen LogP contribution is 2.20. The molecule has 0 aliphatic rings. The highest BCUT2D eigenvalue weighted by Gasteiger charge is 2.12. The standard InChI is InChI=1S/C15H18N4O3S/c1-3-8-23-10-15(20)16-14-9-11(2)17-18(14)12-4-6-13(7-5-12)19(21)22/h4-7,9H,3,8,10H2,1-2H3,(H,16,20). The van der Waals surface area contributed by atoms with Gasteiger partial charge in [0.25, 0.3) is 5.69 Å². The minimum absolute atomic E-state index is 0.0131. The minimum Gasteiger partial charge on any atom is -0.310 e. The summed E-state index contributed by atoms with van der Waals surface area (Å²) in [4.78, 5) is 22.2. The number of aromatic nitrogens is 2. The molecule has 2 rings (SSSR count). The Morgan fingerprint density at radius 3 is 2.70 bits per heavy atom. The van der Waals surface area contributed by atoms with E-state index in [1.54, 1.807) is 34.6 Å². The van der Waals surface area contributed by atoms with Crippen LogP contribution < -0.4 is 5.32 Å². The Labute approximate surface area is 138 Å². The average Bonchev–Trinajstić information content (AvgIpc) is 2.88. The zero-order valence-electron chi connectivity index (χ0n) is 13.0. The molecule has 0 saturated carbocycles. The van der Waals surface area contributed by atoms with Crippen LogP contribution in [0.2, 0.25) is 0 Å². The van der Waals surface area contributed by atoms with Gasteiger partial charge < -0.3 is 5.32 Å². The Kier molecular flexibility index (Phi) is 5.75. The van der Waals surface area contributed by atoms with E-state index in [1.807, 2.05) is 6.92 Å². The fraction of sp³-hybridized carbons (Fsp3) is 0.333. The zero-order valence-corrected chi connectivity index (χ0v) is 13.8. The third-order valence-corrected chi connectivity index (χ3v) is 4.15. The number of anilines is 1. The van der Waals surface area contributed by atoms with Gasteiger partial charge in [-0.3, -0.25) is 14.9 Å². The average molecular weight is 334 g/mol. The predicted molar refractivity (Wildman–Crippen MR) is 91.2 cm³/mol. The topological polar surface area (TPSA) is 90.1 Å². The summed E-state index contributed by atoms with van der Waals surface area (Å²) in [6.45, 7) is 3.89. The van der Waals surface area contributed by atoms with Crippen molar-refractivity contribution < 1.29 is 9.72 Å². The number of benzene rings is 1. The fourth-order valence-electron chi connectivity index (χ4n) is 1.99. The molecule has 122 valence electrons. The highest BCUT2D eigenvalue weighted by molar-refractivity contribution is 7.99. The minimum atomic E-state index is -0.453. The van der Waals surface area contributed by atoms with Gasteiger partial charge in [0.15, 0.2) is 0 Å². The van der Waals surface area contributed by atoms with Crippen LogP contribution in [0.25, 0.3) is 5.69 Å². The Morgan fingerprint density at radius 2 is 2.09 bits per heavy atom. The van der Waals surface area contributed by atoms with E-state index >= 15 is 0 Å². The number of non-ortho nitro benzene ring substituents is 1. The number of carbonyl (C=O) groups excluding carboxylic acids is 1. The second-order valence-corrected chi connectivity index (χ2v) is 6.06. The second kappa shape index (κ2) is 7.77. The maximum absolute atomic E-state index is 12.0. The molecule has 7 nitrogen and oxygen atoms in total. The second-order valence-electron chi connectivity index (χ2n) is 4.96. The largest absolute Gasteiger partial charge is 0.310 e. The summed E-state index contributed by atoms with van der Waals surface area (Å²) < 4.78 is 1.57. The lowest BCUT2D eigenvalue weighted by Gasteiger charge is -2.08. The molecule has 0 saturated heterocycles. The number of nitrogens with zero attached hydrogens (tertiary/aromatic N) is 3. The zero-order chi connectivity index (χ0) is 16.8. The molecule has 0 unspecified atom stereocenters. The number of aryl methyl sites for hydroxylation is 1. The van der Waals surface area contributed by atoms with Crippen LogP contribution in [-0.4, -0.2) is 32.1 Å². The molecule has 1 aromatic carbocycles. The molecule has 0 bridgehead atoms. The monoisotopic (exact) mass is 334 g/mol. The smallest absolute Gasteiger partial charge is 0.269 e. The molecule has 8 heteroatoms. The fourth-order valence-corrected chi connectivity index (χ4v) is 2.68. The number of thioether (sulfide) groups is 1. The maximum atomic E-state index is 12.0. The summed E-state index contributed by atoms with van der Waals surface area (Å²) >= 11 is 1.58. The predicted octanol–water partition coefficient (Wildman–Crippen LogP) is 3.17. The number of rotatable bonds is 7. The molecule has 1 heterocycles. The molecule has 1 N–H and O–H groups in total. The van der Waals surface area contributed by atoms with Gasteiger partial charge in [0.05, 0.1) is 22.1 Å². The van der Waals surface area contributed by atoms with Crippen LogP contribution in [0.1, 0.15) is 19.0 Å². The Hall–Kier alpha value is -2.35. The molecule has 0 fully saturated rings. The van der Waals surface area contributed by atoms with E-state index in [1.165, 1.54) is 12.1 Å². The molecule has 0 spiro atoms. The van der Waals surface area contributed by atoms with Gasteiger partial charge in [-0.15, -0.1) is 0 Å². The highest BCUT2D eigenvalue weighted by atomic mass is 32.2. The Balaban J connectivity index is 2.16. The molecule has 1 aromatic heterocycles. The van der Waals surface area contributed by atoms with E-state index in [9.17, 15) is 14.9 Å². The van der Waals surface area contributed by atoms with Gasteiger partial charge in [0, 0.05) is 18.2 Å². The van der Waals surface area contributed by atoms with Crippen molar-refractivity contribution >= 4 is 29.2 Å². The summed E-state index contributed by atoms with van der Waals surface area (Å²) in [6.07, 6.45) is 1.03. The van der Waals surface area contributed by atoms with Gasteiger partial charge in [-0.25, -0.2) is 4.68 Å². The normalized spacial score (nSPS) is 10.5. The molecule has 1 amide bonds. The summed E-state index contributed by atoms with van der Waals surface area (Å²) in [5.41, 5.74) is 1.42. The van der Waals surface area contributed by atoms with E-state index in [0.717, 1.165) is 17.9 Å². The molecular formula is C15H18N4O3S. The summed E-state index contributed by atoms with van der Waals surface area (Å²) in [5, 5.41) is 17.9. The van der Waals surface area contributed by atoms with Crippen LogP contribution in [0.4, 0.5) is 11.5 Å². The molecular weight excluding hydrogens is 316 g/mol. The van der Waals surface area contributed by atoms with E-state index in [-0.39, 0.29) is 11.6 Å². The summed E-state index contributed by atoms with van der Waals surface area (Å²) in [5.74, 6) is 1.79. The van der Waals surface area contributed by atoms with Crippen LogP contribution in [0.15, 0.2) is 30.3 Å². The lowest BCUT2D eigenvalue weighted by molar-refractivity contribution is -0.384. The Bertz CT molecular complexity index is 697. The maximum Gasteiger partial charge on any atom is 0.269 e. The van der Waals surface area contributed by atoms with E-state index in [0.29, 0.717) is 17.3 Å². The number of amides is 1. The molecule has 0 radical (unpaired) electrons. The lowest BCUT2D eigenvalue weighted by Crippen LogP contribution is -2.17. The first kappa shape index (κ1) is 17.0. The summed E-state index contributed by atoms with van der Waals surface area (Å²) in [6, 6.07) is 7.80. The van der Waals surface area contributed by atoms with Gasteiger partial charge >= 0.3 is 0 Å². The summed E-state index contributed by atoms with van der Waals surface area (Å²) in [7, 11) is 0. The molecule has 0 atom stereocenters. The third-order valence-electron chi connectivity index (χ3n) is 2.99. The molecule has 2 aromatic rings. The first-order chi connectivity index (χ1) is 11.0. The van der Waals surface area contributed by atoms with Crippen molar-refractivity contribution in [3.63, 3.8) is 0 Å². The molecule has 0 aliphatic carbocycles. The number of carbonyl (C=O) groups is 1. The number of nitro benzene ring substituents is 1. The van der Waals surface area contributed by atoms with Crippen molar-refractivity contribution in [3.8, 4) is 5.69 Å². The third kappa shape index (κ3) is 4.56. The van der Waals surface area contributed by atoms with Crippen molar-refractivity contribution in [2.75, 3.05) is 16.8 Å². The van der Waals surface area contributed by atoms with E-state index < -0.39 is 4.92 Å². The molecule has 0 aliphatic heterocycles. The number of nitro groups is 1.